The number of para-hydroxylation sites is 2. The summed E-state index contributed by atoms with van der Waals surface area (Å²) >= 11 is 12.1. The summed E-state index contributed by atoms with van der Waals surface area (Å²) in [6.45, 7) is 2.56. The highest BCUT2D eigenvalue weighted by atomic mass is 35.5. The maximum absolute atomic E-state index is 12.4. The van der Waals surface area contributed by atoms with E-state index in [0.29, 0.717) is 47.6 Å². The summed E-state index contributed by atoms with van der Waals surface area (Å²) in [6, 6.07) is 14.0. The van der Waals surface area contributed by atoms with Gasteiger partial charge in [0.05, 0.1) is 28.0 Å². The first-order valence-electron chi connectivity index (χ1n) is 8.60. The van der Waals surface area contributed by atoms with Crippen molar-refractivity contribution in [1.82, 2.24) is 9.80 Å². The molecule has 2 aromatic carbocycles. The van der Waals surface area contributed by atoms with Gasteiger partial charge in [0.1, 0.15) is 0 Å². The lowest BCUT2D eigenvalue weighted by Crippen LogP contribution is -2.51. The fourth-order valence-corrected chi connectivity index (χ4v) is 3.19. The van der Waals surface area contributed by atoms with E-state index >= 15 is 0 Å². The molecule has 3 rings (SSSR count). The van der Waals surface area contributed by atoms with Crippen molar-refractivity contribution in [2.45, 2.75) is 0 Å². The Morgan fingerprint density at radius 3 is 1.89 bits per heavy atom. The fraction of sp³-hybridized carbons (Fsp3) is 0.263. The number of hydrogen-bond donors (Lipinski definition) is 2. The third-order valence-electron chi connectivity index (χ3n) is 4.29. The highest BCUT2D eigenvalue weighted by molar-refractivity contribution is 6.34. The molecule has 3 amide bonds. The molecule has 6 nitrogen and oxygen atoms in total. The van der Waals surface area contributed by atoms with E-state index in [1.165, 1.54) is 0 Å². The number of piperazine rings is 1. The quantitative estimate of drug-likeness (QED) is 0.811. The largest absolute Gasteiger partial charge is 0.324 e. The predicted molar refractivity (Wildman–Crippen MR) is 109 cm³/mol. The molecule has 27 heavy (non-hydrogen) atoms. The minimum Gasteiger partial charge on any atom is -0.324 e. The van der Waals surface area contributed by atoms with Gasteiger partial charge in [-0.3, -0.25) is 9.69 Å². The molecule has 1 saturated heterocycles. The Balaban J connectivity index is 1.46. The number of rotatable bonds is 4. The van der Waals surface area contributed by atoms with Crippen molar-refractivity contribution in [3.63, 3.8) is 0 Å². The molecule has 8 heteroatoms. The number of carbonyl (C=O) groups excluding carboxylic acids is 2. The minimum absolute atomic E-state index is 0.128. The van der Waals surface area contributed by atoms with Crippen LogP contribution in [-0.2, 0) is 4.79 Å². The topological polar surface area (TPSA) is 64.7 Å². The molecule has 0 atom stereocenters. The van der Waals surface area contributed by atoms with Crippen molar-refractivity contribution in [1.29, 1.82) is 0 Å². The third-order valence-corrected chi connectivity index (χ3v) is 4.95. The van der Waals surface area contributed by atoms with Crippen molar-refractivity contribution in [2.24, 2.45) is 0 Å². The number of halogens is 2. The Labute approximate surface area is 168 Å². The van der Waals surface area contributed by atoms with Gasteiger partial charge in [0.15, 0.2) is 0 Å². The van der Waals surface area contributed by atoms with Crippen molar-refractivity contribution < 1.29 is 9.59 Å². The van der Waals surface area contributed by atoms with Crippen molar-refractivity contribution in [3.8, 4) is 0 Å². The Morgan fingerprint density at radius 2 is 1.33 bits per heavy atom. The number of carbonyl (C=O) groups is 2. The molecule has 0 aliphatic carbocycles. The number of benzene rings is 2. The Morgan fingerprint density at radius 1 is 0.815 bits per heavy atom. The molecule has 2 aromatic rings. The smallest absolute Gasteiger partial charge is 0.321 e. The summed E-state index contributed by atoms with van der Waals surface area (Å²) in [5.41, 5.74) is 1.19. The molecule has 1 fully saturated rings. The van der Waals surface area contributed by atoms with Crippen LogP contribution in [0.3, 0.4) is 0 Å². The average molecular weight is 407 g/mol. The molecular weight excluding hydrogens is 387 g/mol. The second kappa shape index (κ2) is 9.08. The van der Waals surface area contributed by atoms with Crippen LogP contribution in [0.5, 0.6) is 0 Å². The van der Waals surface area contributed by atoms with Gasteiger partial charge in [0.2, 0.25) is 5.91 Å². The van der Waals surface area contributed by atoms with Gasteiger partial charge in [-0.05, 0) is 24.3 Å². The highest BCUT2D eigenvalue weighted by Gasteiger charge is 2.23. The van der Waals surface area contributed by atoms with E-state index in [1.54, 1.807) is 29.2 Å². The van der Waals surface area contributed by atoms with Crippen LogP contribution in [0.25, 0.3) is 0 Å². The van der Waals surface area contributed by atoms with E-state index in [1.807, 2.05) is 29.2 Å². The predicted octanol–water partition coefficient (Wildman–Crippen LogP) is 3.78. The molecule has 0 unspecified atom stereocenters. The number of anilines is 2. The van der Waals surface area contributed by atoms with Gasteiger partial charge in [-0.15, -0.1) is 0 Å². The number of nitrogens with one attached hydrogen (secondary N) is 2. The summed E-state index contributed by atoms with van der Waals surface area (Å²) in [5, 5.41) is 6.63. The lowest BCUT2D eigenvalue weighted by molar-refractivity contribution is -0.117. The molecule has 0 saturated carbocycles. The summed E-state index contributed by atoms with van der Waals surface area (Å²) in [6.07, 6.45) is 0. The average Bonchev–Trinajstić information content (AvgIpc) is 2.66. The van der Waals surface area contributed by atoms with Crippen LogP contribution in [0.15, 0.2) is 48.5 Å². The summed E-state index contributed by atoms with van der Waals surface area (Å²) in [5.74, 6) is -0.128. The summed E-state index contributed by atoms with van der Waals surface area (Å²) < 4.78 is 0. The number of amides is 3. The second-order valence-electron chi connectivity index (χ2n) is 6.20. The van der Waals surface area contributed by atoms with Gasteiger partial charge in [-0.1, -0.05) is 47.5 Å². The number of urea groups is 1. The molecule has 1 aliphatic rings. The Bertz CT molecular complexity index is 823. The highest BCUT2D eigenvalue weighted by Crippen LogP contribution is 2.21. The van der Waals surface area contributed by atoms with Crippen LogP contribution < -0.4 is 10.6 Å². The zero-order chi connectivity index (χ0) is 19.2. The third kappa shape index (κ3) is 5.35. The van der Waals surface area contributed by atoms with E-state index in [0.717, 1.165) is 0 Å². The Hall–Kier alpha value is -2.28. The lowest BCUT2D eigenvalue weighted by Gasteiger charge is -2.34. The van der Waals surface area contributed by atoms with Gasteiger partial charge >= 0.3 is 6.03 Å². The maximum atomic E-state index is 12.4. The monoisotopic (exact) mass is 406 g/mol. The maximum Gasteiger partial charge on any atom is 0.321 e. The van der Waals surface area contributed by atoms with Crippen LogP contribution in [0.2, 0.25) is 10.0 Å². The van der Waals surface area contributed by atoms with E-state index < -0.39 is 0 Å². The molecule has 1 heterocycles. The van der Waals surface area contributed by atoms with E-state index in [-0.39, 0.29) is 18.5 Å². The molecule has 0 bridgehead atoms. The molecule has 0 spiro atoms. The first-order chi connectivity index (χ1) is 13.0. The van der Waals surface area contributed by atoms with Crippen LogP contribution in [0.1, 0.15) is 0 Å². The fourth-order valence-electron chi connectivity index (χ4n) is 2.82. The van der Waals surface area contributed by atoms with Crippen LogP contribution in [-0.4, -0.2) is 54.5 Å². The second-order valence-corrected chi connectivity index (χ2v) is 7.02. The standard InChI is InChI=1S/C19H20Cl2N4O2/c20-14-5-1-3-7-16(14)22-18(26)13-24-9-11-25(12-10-24)19(27)23-17-8-4-2-6-15(17)21/h1-8H,9-13H2,(H,22,26)(H,23,27). The zero-order valence-corrected chi connectivity index (χ0v) is 16.1. The number of hydrogen-bond acceptors (Lipinski definition) is 3. The lowest BCUT2D eigenvalue weighted by atomic mass is 10.3. The van der Waals surface area contributed by atoms with Gasteiger partial charge in [-0.25, -0.2) is 4.79 Å². The minimum atomic E-state index is -0.191. The van der Waals surface area contributed by atoms with Crippen LogP contribution in [0.4, 0.5) is 16.2 Å². The normalized spacial score (nSPS) is 14.7. The molecular formula is C19H20Cl2N4O2. The van der Waals surface area contributed by atoms with Gasteiger partial charge < -0.3 is 15.5 Å². The van der Waals surface area contributed by atoms with Gasteiger partial charge in [0.25, 0.3) is 0 Å². The van der Waals surface area contributed by atoms with E-state index in [4.69, 9.17) is 23.2 Å². The van der Waals surface area contributed by atoms with Crippen molar-refractivity contribution in [2.75, 3.05) is 43.4 Å². The summed E-state index contributed by atoms with van der Waals surface area (Å²) in [4.78, 5) is 28.3. The van der Waals surface area contributed by atoms with Gasteiger partial charge in [0, 0.05) is 26.2 Å². The molecule has 0 aromatic heterocycles. The SMILES string of the molecule is O=C(CN1CCN(C(=O)Nc2ccccc2Cl)CC1)Nc1ccccc1Cl. The molecule has 2 N–H and O–H groups in total. The number of nitrogens with zero attached hydrogens (tertiary/aromatic N) is 2. The molecule has 142 valence electrons. The van der Waals surface area contributed by atoms with Crippen molar-refractivity contribution in [3.05, 3.63) is 58.6 Å². The Kier molecular flexibility index (Phi) is 6.55. The van der Waals surface area contributed by atoms with Crippen LogP contribution >= 0.6 is 23.2 Å². The van der Waals surface area contributed by atoms with Crippen molar-refractivity contribution >= 4 is 46.5 Å². The van der Waals surface area contributed by atoms with Crippen LogP contribution in [0, 0.1) is 0 Å². The van der Waals surface area contributed by atoms with Gasteiger partial charge in [-0.2, -0.15) is 0 Å². The molecule has 0 radical (unpaired) electrons. The zero-order valence-electron chi connectivity index (χ0n) is 14.6. The molecule has 1 aliphatic heterocycles. The first kappa shape index (κ1) is 19.5. The van der Waals surface area contributed by atoms with E-state index in [9.17, 15) is 9.59 Å². The summed E-state index contributed by atoms with van der Waals surface area (Å²) in [7, 11) is 0. The van der Waals surface area contributed by atoms with E-state index in [2.05, 4.69) is 10.6 Å². The first-order valence-corrected chi connectivity index (χ1v) is 9.36.